The Morgan fingerprint density at radius 2 is 1.68 bits per heavy atom. The van der Waals surface area contributed by atoms with Crippen molar-refractivity contribution in [1.82, 2.24) is 9.88 Å². The summed E-state index contributed by atoms with van der Waals surface area (Å²) in [5.74, 6) is 0.902. The molecule has 100 valence electrons. The minimum atomic E-state index is 0.896. The summed E-state index contributed by atoms with van der Waals surface area (Å²) < 4.78 is 1.12. The van der Waals surface area contributed by atoms with Crippen molar-refractivity contribution in [2.75, 3.05) is 19.4 Å². The summed E-state index contributed by atoms with van der Waals surface area (Å²) in [7, 11) is 4.00. The second kappa shape index (κ2) is 6.68. The Balaban J connectivity index is 1.92. The van der Waals surface area contributed by atoms with E-state index < -0.39 is 0 Å². The number of nitrogens with one attached hydrogen (secondary N) is 1. The van der Waals surface area contributed by atoms with E-state index in [0.717, 1.165) is 23.4 Å². The standard InChI is InChI=1S/C15H18BrN3/c1-17-15-8-5-13(9-18-15)11-19(2)10-12-3-6-14(16)7-4-12/h3-9H,10-11H2,1-2H3,(H,17,18). The van der Waals surface area contributed by atoms with E-state index in [0.29, 0.717) is 0 Å². The fourth-order valence-electron chi connectivity index (χ4n) is 1.93. The van der Waals surface area contributed by atoms with Gasteiger partial charge in [0, 0.05) is 30.8 Å². The van der Waals surface area contributed by atoms with E-state index in [1.807, 2.05) is 19.3 Å². The summed E-state index contributed by atoms with van der Waals surface area (Å²) >= 11 is 3.45. The average molecular weight is 320 g/mol. The van der Waals surface area contributed by atoms with E-state index >= 15 is 0 Å². The zero-order valence-corrected chi connectivity index (χ0v) is 12.8. The van der Waals surface area contributed by atoms with Crippen LogP contribution in [0.25, 0.3) is 0 Å². The molecule has 0 fully saturated rings. The smallest absolute Gasteiger partial charge is 0.125 e. The zero-order valence-electron chi connectivity index (χ0n) is 11.2. The van der Waals surface area contributed by atoms with Gasteiger partial charge in [-0.15, -0.1) is 0 Å². The van der Waals surface area contributed by atoms with Crippen LogP contribution in [0.2, 0.25) is 0 Å². The third-order valence-corrected chi connectivity index (χ3v) is 3.43. The first-order chi connectivity index (χ1) is 9.17. The molecule has 0 saturated heterocycles. The van der Waals surface area contributed by atoms with Gasteiger partial charge in [-0.25, -0.2) is 4.98 Å². The number of rotatable bonds is 5. The number of hydrogen-bond donors (Lipinski definition) is 1. The van der Waals surface area contributed by atoms with Gasteiger partial charge in [-0.05, 0) is 36.4 Å². The van der Waals surface area contributed by atoms with Crippen molar-refractivity contribution < 1.29 is 0 Å². The summed E-state index contributed by atoms with van der Waals surface area (Å²) in [4.78, 5) is 6.60. The molecule has 0 aliphatic rings. The predicted molar refractivity (Wildman–Crippen MR) is 83.1 cm³/mol. The van der Waals surface area contributed by atoms with Crippen LogP contribution in [0.1, 0.15) is 11.1 Å². The molecule has 0 bridgehead atoms. The largest absolute Gasteiger partial charge is 0.373 e. The molecule has 0 aliphatic heterocycles. The van der Waals surface area contributed by atoms with Crippen molar-refractivity contribution in [2.45, 2.75) is 13.1 Å². The molecule has 0 spiro atoms. The fraction of sp³-hybridized carbons (Fsp3) is 0.267. The maximum absolute atomic E-state index is 4.32. The first-order valence-electron chi connectivity index (χ1n) is 6.23. The van der Waals surface area contributed by atoms with Gasteiger partial charge in [-0.2, -0.15) is 0 Å². The number of pyridine rings is 1. The summed E-state index contributed by atoms with van der Waals surface area (Å²) in [5.41, 5.74) is 2.53. The summed E-state index contributed by atoms with van der Waals surface area (Å²) in [6, 6.07) is 12.5. The average Bonchev–Trinajstić information content (AvgIpc) is 2.42. The van der Waals surface area contributed by atoms with E-state index in [-0.39, 0.29) is 0 Å². The number of halogens is 1. The molecule has 0 unspecified atom stereocenters. The van der Waals surface area contributed by atoms with E-state index in [1.54, 1.807) is 0 Å². The number of nitrogens with zero attached hydrogens (tertiary/aromatic N) is 2. The molecule has 0 aliphatic carbocycles. The van der Waals surface area contributed by atoms with E-state index in [1.165, 1.54) is 11.1 Å². The Labute approximate surface area is 122 Å². The summed E-state index contributed by atoms with van der Waals surface area (Å²) in [6.45, 7) is 1.83. The number of benzene rings is 1. The van der Waals surface area contributed by atoms with Crippen LogP contribution >= 0.6 is 15.9 Å². The Morgan fingerprint density at radius 3 is 2.26 bits per heavy atom. The summed E-state index contributed by atoms with van der Waals surface area (Å²) in [6.07, 6.45) is 1.92. The van der Waals surface area contributed by atoms with Gasteiger partial charge in [-0.1, -0.05) is 34.1 Å². The quantitative estimate of drug-likeness (QED) is 0.914. The van der Waals surface area contributed by atoms with Crippen LogP contribution in [-0.4, -0.2) is 24.0 Å². The molecule has 3 nitrogen and oxygen atoms in total. The van der Waals surface area contributed by atoms with Crippen LogP contribution in [-0.2, 0) is 13.1 Å². The van der Waals surface area contributed by atoms with Gasteiger partial charge in [0.2, 0.25) is 0 Å². The van der Waals surface area contributed by atoms with Gasteiger partial charge in [-0.3, -0.25) is 4.90 Å². The third kappa shape index (κ3) is 4.33. The molecule has 0 atom stereocenters. The van der Waals surface area contributed by atoms with Gasteiger partial charge in [0.25, 0.3) is 0 Å². The minimum Gasteiger partial charge on any atom is -0.373 e. The molecule has 19 heavy (non-hydrogen) atoms. The van der Waals surface area contributed by atoms with Crippen molar-refractivity contribution in [3.05, 3.63) is 58.2 Å². The Bertz CT molecular complexity index is 508. The highest BCUT2D eigenvalue weighted by molar-refractivity contribution is 9.10. The van der Waals surface area contributed by atoms with Crippen molar-refractivity contribution >= 4 is 21.7 Å². The van der Waals surface area contributed by atoms with Crippen molar-refractivity contribution in [1.29, 1.82) is 0 Å². The lowest BCUT2D eigenvalue weighted by Crippen LogP contribution is -2.17. The SMILES string of the molecule is CNc1ccc(CN(C)Cc2ccc(Br)cc2)cn1. The van der Waals surface area contributed by atoms with Gasteiger partial charge in [0.05, 0.1) is 0 Å². The Kier molecular flexibility index (Phi) is 4.93. The lowest BCUT2D eigenvalue weighted by Gasteiger charge is -2.16. The van der Waals surface area contributed by atoms with E-state index in [2.05, 4.69) is 68.5 Å². The molecular weight excluding hydrogens is 302 g/mol. The molecule has 4 heteroatoms. The van der Waals surface area contributed by atoms with Crippen LogP contribution in [0.15, 0.2) is 47.1 Å². The van der Waals surface area contributed by atoms with Crippen molar-refractivity contribution in [3.63, 3.8) is 0 Å². The second-order valence-corrected chi connectivity index (χ2v) is 5.52. The highest BCUT2D eigenvalue weighted by Crippen LogP contribution is 2.13. The minimum absolute atomic E-state index is 0.896. The van der Waals surface area contributed by atoms with E-state index in [4.69, 9.17) is 0 Å². The van der Waals surface area contributed by atoms with Crippen molar-refractivity contribution in [2.24, 2.45) is 0 Å². The summed E-state index contributed by atoms with van der Waals surface area (Å²) in [5, 5.41) is 3.02. The van der Waals surface area contributed by atoms with E-state index in [9.17, 15) is 0 Å². The molecule has 1 aromatic heterocycles. The first-order valence-corrected chi connectivity index (χ1v) is 7.02. The van der Waals surface area contributed by atoms with Crippen LogP contribution in [0.5, 0.6) is 0 Å². The van der Waals surface area contributed by atoms with Gasteiger partial charge >= 0.3 is 0 Å². The monoisotopic (exact) mass is 319 g/mol. The van der Waals surface area contributed by atoms with Gasteiger partial charge in [0.1, 0.15) is 5.82 Å². The normalized spacial score (nSPS) is 10.7. The molecule has 1 heterocycles. The lowest BCUT2D eigenvalue weighted by molar-refractivity contribution is 0.318. The van der Waals surface area contributed by atoms with Gasteiger partial charge < -0.3 is 5.32 Å². The predicted octanol–water partition coefficient (Wildman–Crippen LogP) is 3.52. The number of hydrogen-bond acceptors (Lipinski definition) is 3. The molecular formula is C15H18BrN3. The Hall–Kier alpha value is -1.39. The van der Waals surface area contributed by atoms with Crippen LogP contribution < -0.4 is 5.32 Å². The highest BCUT2D eigenvalue weighted by atomic mass is 79.9. The van der Waals surface area contributed by atoms with Crippen molar-refractivity contribution in [3.8, 4) is 0 Å². The second-order valence-electron chi connectivity index (χ2n) is 4.60. The molecule has 0 radical (unpaired) electrons. The maximum Gasteiger partial charge on any atom is 0.125 e. The molecule has 0 saturated carbocycles. The van der Waals surface area contributed by atoms with Crippen LogP contribution in [0.3, 0.4) is 0 Å². The molecule has 1 N–H and O–H groups in total. The molecule has 1 aromatic carbocycles. The third-order valence-electron chi connectivity index (χ3n) is 2.90. The molecule has 0 amide bonds. The topological polar surface area (TPSA) is 28.2 Å². The van der Waals surface area contributed by atoms with Crippen LogP contribution in [0, 0.1) is 0 Å². The molecule has 2 aromatic rings. The fourth-order valence-corrected chi connectivity index (χ4v) is 2.20. The zero-order chi connectivity index (χ0) is 13.7. The van der Waals surface area contributed by atoms with Gasteiger partial charge in [0.15, 0.2) is 0 Å². The van der Waals surface area contributed by atoms with Crippen LogP contribution in [0.4, 0.5) is 5.82 Å². The Morgan fingerprint density at radius 1 is 1.05 bits per heavy atom. The highest BCUT2D eigenvalue weighted by Gasteiger charge is 2.02. The first kappa shape index (κ1) is 14.0. The lowest BCUT2D eigenvalue weighted by atomic mass is 10.2. The molecule has 2 rings (SSSR count). The number of anilines is 1. The maximum atomic E-state index is 4.32. The number of aromatic nitrogens is 1.